The van der Waals surface area contributed by atoms with Crippen molar-refractivity contribution in [1.29, 1.82) is 0 Å². The Morgan fingerprint density at radius 3 is 1.88 bits per heavy atom. The lowest BCUT2D eigenvalue weighted by atomic mass is 9.99. The lowest BCUT2D eigenvalue weighted by Gasteiger charge is -2.24. The minimum Gasteiger partial charge on any atom is -0.550 e. The van der Waals surface area contributed by atoms with Crippen LogP contribution < -0.4 is 21.1 Å². The molecule has 262 valence electrons. The summed E-state index contributed by atoms with van der Waals surface area (Å²) >= 11 is 0. The largest absolute Gasteiger partial charge is 0.550 e. The van der Waals surface area contributed by atoms with Gasteiger partial charge in [-0.3, -0.25) is 4.79 Å². The molecule has 0 aliphatic rings. The molecule has 0 saturated carbocycles. The number of aromatic nitrogens is 1. The highest BCUT2D eigenvalue weighted by molar-refractivity contribution is 7.95. The number of hydrogen-bond donors (Lipinski definition) is 3. The van der Waals surface area contributed by atoms with Gasteiger partial charge in [-0.15, -0.1) is 0 Å². The van der Waals surface area contributed by atoms with E-state index >= 15 is 0 Å². The molecule has 4 aromatic carbocycles. The molecule has 9 nitrogen and oxygen atoms in total. The maximum absolute atomic E-state index is 14.1. The summed E-state index contributed by atoms with van der Waals surface area (Å²) < 4.78 is 5.50. The van der Waals surface area contributed by atoms with Crippen LogP contribution in [0, 0.1) is 0 Å². The van der Waals surface area contributed by atoms with Crippen molar-refractivity contribution >= 4 is 34.7 Å². The van der Waals surface area contributed by atoms with Gasteiger partial charge < -0.3 is 30.6 Å². The van der Waals surface area contributed by atoms with Gasteiger partial charge in [0.15, 0.2) is 6.04 Å². The van der Waals surface area contributed by atoms with Gasteiger partial charge in [0.05, 0.1) is 12.6 Å². The maximum atomic E-state index is 14.1. The Hall–Kier alpha value is -5.61. The van der Waals surface area contributed by atoms with E-state index in [4.69, 9.17) is 4.74 Å². The minimum atomic E-state index is -1.30. The second kappa shape index (κ2) is 19.5. The van der Waals surface area contributed by atoms with Gasteiger partial charge in [-0.2, -0.15) is 0 Å². The van der Waals surface area contributed by atoms with Crippen LogP contribution in [0.15, 0.2) is 140 Å². The predicted molar refractivity (Wildman–Crippen MR) is 201 cm³/mol. The molecule has 5 aromatic rings. The van der Waals surface area contributed by atoms with Crippen LogP contribution in [0.25, 0.3) is 11.1 Å². The first-order chi connectivity index (χ1) is 24.9. The quantitative estimate of drug-likeness (QED) is 0.0793. The number of nitrogens with one attached hydrogen (secondary N) is 3. The summed E-state index contributed by atoms with van der Waals surface area (Å²) in [4.78, 5) is 43.4. The number of carboxylic acid groups (broad SMARTS) is 1. The third kappa shape index (κ3) is 12.3. The first-order valence-electron chi connectivity index (χ1n) is 16.9. The molecule has 0 spiro atoms. The summed E-state index contributed by atoms with van der Waals surface area (Å²) in [7, 11) is -0.395. The zero-order valence-electron chi connectivity index (χ0n) is 28.3. The van der Waals surface area contributed by atoms with Crippen LogP contribution in [0.2, 0.25) is 0 Å². The fourth-order valence-corrected chi connectivity index (χ4v) is 7.91. The number of amides is 2. The van der Waals surface area contributed by atoms with Crippen LogP contribution in [-0.4, -0.2) is 47.9 Å². The number of carbonyl (C=O) groups excluding carboxylic acids is 3. The monoisotopic (exact) mass is 702 g/mol. The van der Waals surface area contributed by atoms with Gasteiger partial charge in [0.25, 0.3) is 0 Å². The average molecular weight is 703 g/mol. The molecule has 0 radical (unpaired) electrons. The number of nitrogens with zero attached hydrogens (tertiary/aromatic N) is 1. The molecule has 0 aliphatic carbocycles. The highest BCUT2D eigenvalue weighted by atomic mass is 32.2. The van der Waals surface area contributed by atoms with Crippen molar-refractivity contribution in [2.24, 2.45) is 0 Å². The summed E-state index contributed by atoms with van der Waals surface area (Å²) in [6, 6.07) is 41.0. The summed E-state index contributed by atoms with van der Waals surface area (Å²) in [6.45, 7) is 0.667. The van der Waals surface area contributed by atoms with Gasteiger partial charge in [-0.1, -0.05) is 121 Å². The number of hydrogen-bond acceptors (Lipinski definition) is 7. The molecule has 2 unspecified atom stereocenters. The van der Waals surface area contributed by atoms with E-state index < -0.39 is 47.4 Å². The fraction of sp³-hybridized carbons (Fsp3) is 0.220. The first kappa shape index (κ1) is 36.7. The lowest BCUT2D eigenvalue weighted by molar-refractivity contribution is -0.306. The Morgan fingerprint density at radius 1 is 0.706 bits per heavy atom. The van der Waals surface area contributed by atoms with Gasteiger partial charge in [0, 0.05) is 36.3 Å². The molecule has 3 N–H and O–H groups in total. The summed E-state index contributed by atoms with van der Waals surface area (Å²) in [5, 5.41) is 20.8. The van der Waals surface area contributed by atoms with Gasteiger partial charge in [-0.25, -0.2) is 9.78 Å². The Morgan fingerprint density at radius 2 is 1.29 bits per heavy atom. The minimum absolute atomic E-state index is 0.126. The molecular weight excluding hydrogens is 661 g/mol. The zero-order valence-corrected chi connectivity index (χ0v) is 29.1. The van der Waals surface area contributed by atoms with E-state index in [9.17, 15) is 19.5 Å². The van der Waals surface area contributed by atoms with Gasteiger partial charge in [0.2, 0.25) is 5.91 Å². The molecule has 0 fully saturated rings. The van der Waals surface area contributed by atoms with Crippen molar-refractivity contribution in [2.45, 2.75) is 36.4 Å². The highest BCUT2D eigenvalue weighted by Crippen LogP contribution is 2.24. The van der Waals surface area contributed by atoms with Crippen LogP contribution in [0.1, 0.15) is 35.6 Å². The number of ether oxygens (including phenoxy) is 1. The van der Waals surface area contributed by atoms with Crippen molar-refractivity contribution in [3.63, 3.8) is 0 Å². The molecule has 0 bridgehead atoms. The van der Waals surface area contributed by atoms with Crippen LogP contribution in [0.3, 0.4) is 0 Å². The lowest BCUT2D eigenvalue weighted by Crippen LogP contribution is -2.52. The van der Waals surface area contributed by atoms with E-state index in [2.05, 4.69) is 45.2 Å². The van der Waals surface area contributed by atoms with Crippen molar-refractivity contribution in [2.75, 3.05) is 24.2 Å². The molecule has 0 aliphatic heterocycles. The van der Waals surface area contributed by atoms with Gasteiger partial charge in [-0.05, 0) is 46.1 Å². The number of alkyl carbamates (subject to hydrolysis) is 1. The van der Waals surface area contributed by atoms with Crippen LogP contribution >= 0.6 is 0 Å². The molecule has 10 heteroatoms. The van der Waals surface area contributed by atoms with Crippen molar-refractivity contribution in [3.05, 3.63) is 156 Å². The number of anilines is 1. The molecule has 2 amide bonds. The molecule has 1 heterocycles. The van der Waals surface area contributed by atoms with E-state index in [0.717, 1.165) is 28.1 Å². The van der Waals surface area contributed by atoms with Crippen molar-refractivity contribution < 1.29 is 24.2 Å². The molecular formula is C41H42N4O5S. The summed E-state index contributed by atoms with van der Waals surface area (Å²) in [6.07, 6.45) is 1.06. The Bertz CT molecular complexity index is 1760. The Kier molecular flexibility index (Phi) is 14.1. The normalized spacial score (nSPS) is 12.0. The summed E-state index contributed by atoms with van der Waals surface area (Å²) in [5.41, 5.74) is 4.82. The van der Waals surface area contributed by atoms with E-state index in [1.165, 1.54) is 0 Å². The number of benzene rings is 4. The highest BCUT2D eigenvalue weighted by Gasteiger charge is 2.33. The van der Waals surface area contributed by atoms with E-state index in [0.29, 0.717) is 35.8 Å². The second-order valence-electron chi connectivity index (χ2n) is 12.0. The van der Waals surface area contributed by atoms with E-state index in [1.807, 2.05) is 97.1 Å². The SMILES string of the molecule is O=C([O-])CC(NC(=O)C(C[S+](Cc1ccccc1)Cc1ccccc1)NC(=O)OCCCNc1ccccn1)c1ccc(-c2ccccc2)cc1. The smallest absolute Gasteiger partial charge is 0.407 e. The number of carboxylic acids is 1. The molecule has 51 heavy (non-hydrogen) atoms. The second-order valence-corrected chi connectivity index (χ2v) is 14.1. The molecule has 5 rings (SSSR count). The van der Waals surface area contributed by atoms with E-state index in [1.54, 1.807) is 18.3 Å². The van der Waals surface area contributed by atoms with Crippen LogP contribution in [0.5, 0.6) is 0 Å². The number of rotatable bonds is 18. The van der Waals surface area contributed by atoms with Crippen LogP contribution in [0.4, 0.5) is 10.6 Å². The van der Waals surface area contributed by atoms with Crippen LogP contribution in [-0.2, 0) is 36.7 Å². The third-order valence-electron chi connectivity index (χ3n) is 8.07. The topological polar surface area (TPSA) is 132 Å². The number of pyridine rings is 1. The Labute approximate surface area is 301 Å². The molecule has 2 atom stereocenters. The zero-order chi connectivity index (χ0) is 35.7. The maximum Gasteiger partial charge on any atom is 0.407 e. The number of carbonyl (C=O) groups is 3. The number of aliphatic carboxylic acids is 1. The standard InChI is InChI=1S/C41H42N4O5S/c46-39(47)27-36(35-22-20-34(21-23-35)33-17-8-3-9-18-33)44-40(48)37(45-41(49)50-26-12-25-43-38-19-10-11-24-42-38)30-51(28-31-13-4-1-5-14-31)29-32-15-6-2-7-16-32/h1-11,13-24,36-37H,12,25-30H2,(H3-,42,43,44,45,46,47,48,49). The van der Waals surface area contributed by atoms with E-state index in [-0.39, 0.29) is 6.61 Å². The molecule has 1 aromatic heterocycles. The van der Waals surface area contributed by atoms with Gasteiger partial charge >= 0.3 is 6.09 Å². The Balaban J connectivity index is 1.32. The van der Waals surface area contributed by atoms with Crippen molar-refractivity contribution in [3.8, 4) is 11.1 Å². The van der Waals surface area contributed by atoms with Crippen molar-refractivity contribution in [1.82, 2.24) is 15.6 Å². The fourth-order valence-electron chi connectivity index (χ4n) is 5.54. The average Bonchev–Trinajstić information content (AvgIpc) is 3.15. The summed E-state index contributed by atoms with van der Waals surface area (Å²) in [5.74, 6) is 0.627. The first-order valence-corrected chi connectivity index (χ1v) is 18.6. The predicted octanol–water partition coefficient (Wildman–Crippen LogP) is 5.66. The third-order valence-corrected chi connectivity index (χ3v) is 10.4. The van der Waals surface area contributed by atoms with Gasteiger partial charge in [0.1, 0.15) is 23.1 Å². The molecule has 0 saturated heterocycles.